The van der Waals surface area contributed by atoms with Crippen molar-refractivity contribution in [1.82, 2.24) is 14.7 Å². The van der Waals surface area contributed by atoms with E-state index in [1.54, 1.807) is 0 Å². The van der Waals surface area contributed by atoms with Crippen LogP contribution in [0.15, 0.2) is 0 Å². The van der Waals surface area contributed by atoms with E-state index in [9.17, 15) is 4.79 Å². The molecular formula is C13H25N3O2. The normalized spacial score (nSPS) is 32.6. The van der Waals surface area contributed by atoms with Gasteiger partial charge >= 0.3 is 5.97 Å². The summed E-state index contributed by atoms with van der Waals surface area (Å²) in [5.74, 6) is -0.710. The highest BCUT2D eigenvalue weighted by atomic mass is 16.4. The quantitative estimate of drug-likeness (QED) is 0.779. The molecule has 0 bridgehead atoms. The summed E-state index contributed by atoms with van der Waals surface area (Å²) in [6.07, 6.45) is 2.33. The fraction of sp³-hybridized carbons (Fsp3) is 0.923. The monoisotopic (exact) mass is 255 g/mol. The van der Waals surface area contributed by atoms with Crippen molar-refractivity contribution in [2.75, 3.05) is 46.3 Å². The first-order chi connectivity index (χ1) is 8.56. The summed E-state index contributed by atoms with van der Waals surface area (Å²) < 4.78 is 0. The van der Waals surface area contributed by atoms with Gasteiger partial charge in [0.25, 0.3) is 0 Å². The number of likely N-dealkylation sites (tertiary alicyclic amines) is 1. The van der Waals surface area contributed by atoms with Gasteiger partial charge in [-0.3, -0.25) is 14.6 Å². The fourth-order valence-corrected chi connectivity index (χ4v) is 3.13. The van der Waals surface area contributed by atoms with Crippen molar-refractivity contribution in [1.29, 1.82) is 0 Å². The molecule has 2 unspecified atom stereocenters. The molecule has 2 aliphatic rings. The number of hydrogen-bond donors (Lipinski definition) is 1. The summed E-state index contributed by atoms with van der Waals surface area (Å²) in [6, 6.07) is 1.34. The summed E-state index contributed by atoms with van der Waals surface area (Å²) in [5, 5.41) is 8.84. The molecule has 2 fully saturated rings. The van der Waals surface area contributed by atoms with Gasteiger partial charge in [0, 0.05) is 38.3 Å². The zero-order valence-corrected chi connectivity index (χ0v) is 11.5. The maximum absolute atomic E-state index is 10.7. The van der Waals surface area contributed by atoms with Crippen LogP contribution in [0.5, 0.6) is 0 Å². The topological polar surface area (TPSA) is 47.0 Å². The molecular weight excluding hydrogens is 230 g/mol. The lowest BCUT2D eigenvalue weighted by Gasteiger charge is -2.27. The van der Waals surface area contributed by atoms with E-state index < -0.39 is 5.97 Å². The lowest BCUT2D eigenvalue weighted by Crippen LogP contribution is -2.40. The Morgan fingerprint density at radius 2 is 2.06 bits per heavy atom. The number of carboxylic acids is 1. The molecule has 2 saturated heterocycles. The number of hydrogen-bond acceptors (Lipinski definition) is 4. The maximum atomic E-state index is 10.7. The molecule has 0 aromatic heterocycles. The van der Waals surface area contributed by atoms with Gasteiger partial charge in [0.05, 0.1) is 6.54 Å². The second kappa shape index (κ2) is 5.99. The van der Waals surface area contributed by atoms with Crippen LogP contribution in [0.4, 0.5) is 0 Å². The number of aliphatic carboxylic acids is 1. The third-order valence-electron chi connectivity index (χ3n) is 4.36. The number of likely N-dealkylation sites (N-methyl/N-ethyl adjacent to an activating group) is 1. The Bertz CT molecular complexity index is 288. The van der Waals surface area contributed by atoms with E-state index >= 15 is 0 Å². The molecule has 5 nitrogen and oxygen atoms in total. The Labute approximate surface area is 109 Å². The molecule has 104 valence electrons. The van der Waals surface area contributed by atoms with Gasteiger partial charge in [-0.05, 0) is 33.4 Å². The predicted molar refractivity (Wildman–Crippen MR) is 70.8 cm³/mol. The molecule has 5 heteroatoms. The summed E-state index contributed by atoms with van der Waals surface area (Å²) in [5.41, 5.74) is 0. The van der Waals surface area contributed by atoms with E-state index in [-0.39, 0.29) is 6.54 Å². The third kappa shape index (κ3) is 3.43. The van der Waals surface area contributed by atoms with E-state index in [1.807, 2.05) is 0 Å². The van der Waals surface area contributed by atoms with E-state index in [4.69, 9.17) is 5.11 Å². The van der Waals surface area contributed by atoms with Crippen molar-refractivity contribution in [3.05, 3.63) is 0 Å². The Hall–Kier alpha value is -0.650. The second-order valence-electron chi connectivity index (χ2n) is 5.74. The zero-order chi connectivity index (χ0) is 13.1. The van der Waals surface area contributed by atoms with Crippen LogP contribution in [-0.2, 0) is 4.79 Å². The van der Waals surface area contributed by atoms with Crippen LogP contribution in [0, 0.1) is 0 Å². The van der Waals surface area contributed by atoms with E-state index in [0.717, 1.165) is 39.1 Å². The first kappa shape index (κ1) is 13.8. The van der Waals surface area contributed by atoms with E-state index in [0.29, 0.717) is 12.1 Å². The summed E-state index contributed by atoms with van der Waals surface area (Å²) >= 11 is 0. The van der Waals surface area contributed by atoms with Gasteiger partial charge < -0.3 is 10.0 Å². The third-order valence-corrected chi connectivity index (χ3v) is 4.36. The smallest absolute Gasteiger partial charge is 0.317 e. The molecule has 0 saturated carbocycles. The van der Waals surface area contributed by atoms with Gasteiger partial charge in [-0.15, -0.1) is 0 Å². The molecule has 2 atom stereocenters. The molecule has 2 heterocycles. The van der Waals surface area contributed by atoms with Gasteiger partial charge in [-0.25, -0.2) is 0 Å². The van der Waals surface area contributed by atoms with Crippen LogP contribution in [-0.4, -0.2) is 84.2 Å². The summed E-state index contributed by atoms with van der Waals surface area (Å²) in [4.78, 5) is 17.8. The second-order valence-corrected chi connectivity index (χ2v) is 5.74. The molecule has 18 heavy (non-hydrogen) atoms. The van der Waals surface area contributed by atoms with Crippen LogP contribution < -0.4 is 0 Å². The fourth-order valence-electron chi connectivity index (χ4n) is 3.13. The summed E-state index contributed by atoms with van der Waals surface area (Å²) in [7, 11) is 2.19. The van der Waals surface area contributed by atoms with Crippen molar-refractivity contribution in [3.8, 4) is 0 Å². The molecule has 0 aromatic carbocycles. The van der Waals surface area contributed by atoms with Crippen LogP contribution in [0.1, 0.15) is 19.8 Å². The molecule has 2 rings (SSSR count). The average Bonchev–Trinajstić information content (AvgIpc) is 2.52. The lowest BCUT2D eigenvalue weighted by atomic mass is 10.1. The van der Waals surface area contributed by atoms with Crippen LogP contribution in [0.3, 0.4) is 0 Å². The molecule has 0 amide bonds. The first-order valence-electron chi connectivity index (χ1n) is 6.94. The number of carboxylic acid groups (broad SMARTS) is 1. The minimum Gasteiger partial charge on any atom is -0.480 e. The average molecular weight is 255 g/mol. The van der Waals surface area contributed by atoms with Crippen molar-refractivity contribution in [2.45, 2.75) is 31.8 Å². The highest BCUT2D eigenvalue weighted by Gasteiger charge is 2.31. The van der Waals surface area contributed by atoms with Crippen molar-refractivity contribution >= 4 is 5.97 Å². The maximum Gasteiger partial charge on any atom is 0.317 e. The number of carbonyl (C=O) groups is 1. The van der Waals surface area contributed by atoms with Crippen molar-refractivity contribution in [3.63, 3.8) is 0 Å². The Morgan fingerprint density at radius 1 is 1.28 bits per heavy atom. The molecule has 0 aliphatic carbocycles. The summed E-state index contributed by atoms with van der Waals surface area (Å²) in [6.45, 7) is 7.56. The Kier molecular flexibility index (Phi) is 4.59. The predicted octanol–water partition coefficient (Wildman–Crippen LogP) is 0.171. The molecule has 0 radical (unpaired) electrons. The minimum atomic E-state index is -0.710. The SMILES string of the molecule is CC1CC(N2CCCN(CC(=O)O)CC2)CN1C. The van der Waals surface area contributed by atoms with Gasteiger partial charge in [-0.2, -0.15) is 0 Å². The molecule has 1 N–H and O–H groups in total. The highest BCUT2D eigenvalue weighted by Crippen LogP contribution is 2.21. The van der Waals surface area contributed by atoms with E-state index in [1.165, 1.54) is 6.42 Å². The molecule has 0 spiro atoms. The first-order valence-corrected chi connectivity index (χ1v) is 6.94. The van der Waals surface area contributed by atoms with E-state index in [2.05, 4.69) is 28.7 Å². The minimum absolute atomic E-state index is 0.189. The van der Waals surface area contributed by atoms with Gasteiger partial charge in [-0.1, -0.05) is 0 Å². The highest BCUT2D eigenvalue weighted by molar-refractivity contribution is 5.69. The van der Waals surface area contributed by atoms with Crippen molar-refractivity contribution < 1.29 is 9.90 Å². The standard InChI is InChI=1S/C13H25N3O2/c1-11-8-12(9-14(11)2)16-5-3-4-15(6-7-16)10-13(17)18/h11-12H,3-10H2,1-2H3,(H,17,18). The van der Waals surface area contributed by atoms with Crippen LogP contribution in [0.2, 0.25) is 0 Å². The van der Waals surface area contributed by atoms with Gasteiger partial charge in [0.2, 0.25) is 0 Å². The molecule has 0 aromatic rings. The molecule has 2 aliphatic heterocycles. The lowest BCUT2D eigenvalue weighted by molar-refractivity contribution is -0.138. The van der Waals surface area contributed by atoms with Gasteiger partial charge in [0.1, 0.15) is 0 Å². The zero-order valence-electron chi connectivity index (χ0n) is 11.5. The Balaban J connectivity index is 1.84. The van der Waals surface area contributed by atoms with Crippen LogP contribution >= 0.6 is 0 Å². The number of rotatable bonds is 3. The largest absolute Gasteiger partial charge is 0.480 e. The number of nitrogens with zero attached hydrogens (tertiary/aromatic N) is 3. The van der Waals surface area contributed by atoms with Crippen molar-refractivity contribution in [2.24, 2.45) is 0 Å². The van der Waals surface area contributed by atoms with Gasteiger partial charge in [0.15, 0.2) is 0 Å². The Morgan fingerprint density at radius 3 is 2.67 bits per heavy atom. The van der Waals surface area contributed by atoms with Crippen LogP contribution in [0.25, 0.3) is 0 Å².